The molecule has 0 aromatic carbocycles. The summed E-state index contributed by atoms with van der Waals surface area (Å²) in [6.07, 6.45) is 0.173. The highest BCUT2D eigenvalue weighted by Crippen LogP contribution is 2.39. The lowest BCUT2D eigenvalue weighted by Gasteiger charge is -2.23. The van der Waals surface area contributed by atoms with E-state index in [4.69, 9.17) is 4.55 Å². The number of hydrogen-bond acceptors (Lipinski definition) is 5. The minimum Gasteiger partial charge on any atom is -0.302 e. The van der Waals surface area contributed by atoms with Gasteiger partial charge in [-0.15, -0.1) is 0 Å². The SMILES string of the molecule is O=[N+]([O-])C1([N+](=O)[O-])C=C(S(=O)O)C=CC1(F)F. The van der Waals surface area contributed by atoms with Crippen molar-refractivity contribution in [1.29, 1.82) is 0 Å². The van der Waals surface area contributed by atoms with E-state index in [9.17, 15) is 33.2 Å². The zero-order chi connectivity index (χ0) is 13.4. The lowest BCUT2D eigenvalue weighted by atomic mass is 9.98. The number of hydrogen-bond donors (Lipinski definition) is 1. The van der Waals surface area contributed by atoms with Crippen LogP contribution >= 0.6 is 0 Å². The summed E-state index contributed by atoms with van der Waals surface area (Å²) in [4.78, 5) is 16.6. The van der Waals surface area contributed by atoms with Gasteiger partial charge in [0.25, 0.3) is 0 Å². The predicted molar refractivity (Wildman–Crippen MR) is 49.7 cm³/mol. The highest BCUT2D eigenvalue weighted by molar-refractivity contribution is 7.83. The Hall–Kier alpha value is -1.75. The standard InChI is InChI=1S/C6H4F2N2O6S/c7-5(8)2-1-4(17(15)16)3-6(5,9(11)12)10(13)14/h1-3H,(H,15,16). The average Bonchev–Trinajstić information content (AvgIpc) is 2.15. The van der Waals surface area contributed by atoms with Crippen LogP contribution in [0.5, 0.6) is 0 Å². The summed E-state index contributed by atoms with van der Waals surface area (Å²) in [6.45, 7) is 0. The van der Waals surface area contributed by atoms with Crippen LogP contribution in [0.3, 0.4) is 0 Å². The first-order valence-electron chi connectivity index (χ1n) is 3.85. The van der Waals surface area contributed by atoms with E-state index >= 15 is 0 Å². The molecule has 11 heteroatoms. The van der Waals surface area contributed by atoms with Gasteiger partial charge in [0.1, 0.15) is 9.85 Å². The summed E-state index contributed by atoms with van der Waals surface area (Å²) in [6, 6.07) is 0. The molecular formula is C6H4F2N2O6S. The molecule has 1 atom stereocenters. The molecule has 0 spiro atoms. The Morgan fingerprint density at radius 3 is 2.12 bits per heavy atom. The average molecular weight is 270 g/mol. The third kappa shape index (κ3) is 1.82. The molecule has 0 aromatic rings. The van der Waals surface area contributed by atoms with Gasteiger partial charge in [-0.25, -0.2) is 4.21 Å². The Morgan fingerprint density at radius 2 is 1.76 bits per heavy atom. The van der Waals surface area contributed by atoms with Crippen LogP contribution in [-0.2, 0) is 11.1 Å². The summed E-state index contributed by atoms with van der Waals surface area (Å²) in [7, 11) is 0. The van der Waals surface area contributed by atoms with Crippen LogP contribution in [0.4, 0.5) is 8.78 Å². The van der Waals surface area contributed by atoms with Gasteiger partial charge in [0.15, 0.2) is 11.1 Å². The van der Waals surface area contributed by atoms with Crippen molar-refractivity contribution in [2.45, 2.75) is 11.6 Å². The fourth-order valence-corrected chi connectivity index (χ4v) is 1.63. The second kappa shape index (κ2) is 3.92. The Kier molecular flexibility index (Phi) is 3.07. The van der Waals surface area contributed by atoms with E-state index in [1.807, 2.05) is 0 Å². The molecule has 1 unspecified atom stereocenters. The fourth-order valence-electron chi connectivity index (χ4n) is 1.18. The molecular weight excluding hydrogens is 266 g/mol. The quantitative estimate of drug-likeness (QED) is 0.345. The molecule has 0 fully saturated rings. The van der Waals surface area contributed by atoms with Gasteiger partial charge in [-0.05, 0) is 6.08 Å². The van der Waals surface area contributed by atoms with Gasteiger partial charge in [0.05, 0.1) is 11.0 Å². The van der Waals surface area contributed by atoms with Gasteiger partial charge in [-0.3, -0.25) is 20.2 Å². The van der Waals surface area contributed by atoms with Gasteiger partial charge in [-0.2, -0.15) is 8.78 Å². The third-order valence-electron chi connectivity index (χ3n) is 2.05. The summed E-state index contributed by atoms with van der Waals surface area (Å²) >= 11 is -2.83. The second-order valence-electron chi connectivity index (χ2n) is 2.99. The fraction of sp³-hybridized carbons (Fsp3) is 0.333. The van der Waals surface area contributed by atoms with E-state index in [2.05, 4.69) is 0 Å². The molecule has 17 heavy (non-hydrogen) atoms. The molecule has 0 bridgehead atoms. The first kappa shape index (κ1) is 13.3. The number of halogens is 2. The van der Waals surface area contributed by atoms with Crippen LogP contribution in [-0.4, -0.2) is 30.2 Å². The Morgan fingerprint density at radius 1 is 1.29 bits per heavy atom. The third-order valence-corrected chi connectivity index (χ3v) is 2.71. The maximum Gasteiger partial charge on any atom is 0.544 e. The van der Waals surface area contributed by atoms with Gasteiger partial charge in [0.2, 0.25) is 0 Å². The number of nitrogens with zero attached hydrogens (tertiary/aromatic N) is 2. The summed E-state index contributed by atoms with van der Waals surface area (Å²) in [5.41, 5.74) is -3.96. The summed E-state index contributed by atoms with van der Waals surface area (Å²) in [5, 5.41) is 21.1. The summed E-state index contributed by atoms with van der Waals surface area (Å²) in [5.74, 6) is -4.40. The molecule has 0 saturated heterocycles. The lowest BCUT2D eigenvalue weighted by molar-refractivity contribution is -0.801. The van der Waals surface area contributed by atoms with E-state index in [0.717, 1.165) is 0 Å². The number of nitro groups is 2. The normalized spacial score (nSPS) is 22.6. The topological polar surface area (TPSA) is 124 Å². The Bertz CT molecular complexity index is 459. The van der Waals surface area contributed by atoms with Crippen molar-refractivity contribution in [2.75, 3.05) is 0 Å². The summed E-state index contributed by atoms with van der Waals surface area (Å²) < 4.78 is 45.7. The molecule has 0 amide bonds. The molecule has 1 N–H and O–H groups in total. The molecule has 0 saturated carbocycles. The van der Waals surface area contributed by atoms with Gasteiger partial charge in [-0.1, -0.05) is 0 Å². The monoisotopic (exact) mass is 270 g/mol. The van der Waals surface area contributed by atoms with Crippen LogP contribution in [0.2, 0.25) is 0 Å². The van der Waals surface area contributed by atoms with Crippen molar-refractivity contribution < 1.29 is 27.4 Å². The predicted octanol–water partition coefficient (Wildman–Crippen LogP) is 0.547. The number of alkyl halides is 2. The maximum atomic E-state index is 13.3. The highest BCUT2D eigenvalue weighted by Gasteiger charge is 2.74. The molecule has 1 rings (SSSR count). The zero-order valence-electron chi connectivity index (χ0n) is 7.78. The van der Waals surface area contributed by atoms with E-state index in [0.29, 0.717) is 6.08 Å². The van der Waals surface area contributed by atoms with Crippen LogP contribution in [0, 0.1) is 20.2 Å². The van der Waals surface area contributed by atoms with E-state index in [1.165, 1.54) is 0 Å². The van der Waals surface area contributed by atoms with Crippen LogP contribution in [0.15, 0.2) is 23.1 Å². The minimum absolute atomic E-state index is 0.122. The van der Waals surface area contributed by atoms with Crippen molar-refractivity contribution in [3.05, 3.63) is 43.4 Å². The van der Waals surface area contributed by atoms with Gasteiger partial charge < -0.3 is 4.55 Å². The maximum absolute atomic E-state index is 13.3. The molecule has 8 nitrogen and oxygen atoms in total. The van der Waals surface area contributed by atoms with E-state index in [1.54, 1.807) is 0 Å². The van der Waals surface area contributed by atoms with Crippen LogP contribution in [0.25, 0.3) is 0 Å². The zero-order valence-corrected chi connectivity index (χ0v) is 8.60. The Balaban J connectivity index is 3.53. The molecule has 0 heterocycles. The van der Waals surface area contributed by atoms with Crippen LogP contribution < -0.4 is 0 Å². The second-order valence-corrected chi connectivity index (χ2v) is 3.96. The molecule has 0 aliphatic heterocycles. The molecule has 1 aliphatic carbocycles. The van der Waals surface area contributed by atoms with E-state index < -0.39 is 37.4 Å². The molecule has 1 aliphatic rings. The minimum atomic E-state index is -4.40. The Labute approximate surface area is 94.2 Å². The molecule has 0 aromatic heterocycles. The van der Waals surface area contributed by atoms with Crippen LogP contribution in [0.1, 0.15) is 0 Å². The van der Waals surface area contributed by atoms with Gasteiger partial charge in [0, 0.05) is 6.08 Å². The first-order chi connectivity index (χ1) is 7.65. The first-order valence-corrected chi connectivity index (χ1v) is 4.95. The smallest absolute Gasteiger partial charge is 0.302 e. The van der Waals surface area contributed by atoms with Crippen molar-refractivity contribution in [3.63, 3.8) is 0 Å². The lowest BCUT2D eigenvalue weighted by Crippen LogP contribution is -2.59. The van der Waals surface area contributed by atoms with Crippen molar-refractivity contribution in [3.8, 4) is 0 Å². The van der Waals surface area contributed by atoms with Crippen molar-refractivity contribution in [1.82, 2.24) is 0 Å². The molecule has 0 radical (unpaired) electrons. The largest absolute Gasteiger partial charge is 0.544 e. The van der Waals surface area contributed by atoms with Gasteiger partial charge >= 0.3 is 11.6 Å². The van der Waals surface area contributed by atoms with Crippen molar-refractivity contribution >= 4 is 11.1 Å². The van der Waals surface area contributed by atoms with Crippen molar-refractivity contribution in [2.24, 2.45) is 0 Å². The molecule has 94 valence electrons. The number of rotatable bonds is 3. The number of allylic oxidation sites excluding steroid dienone is 1. The highest BCUT2D eigenvalue weighted by atomic mass is 32.2. The van der Waals surface area contributed by atoms with E-state index in [-0.39, 0.29) is 12.2 Å².